The van der Waals surface area contributed by atoms with Crippen LogP contribution in [0.4, 0.5) is 0 Å². The summed E-state index contributed by atoms with van der Waals surface area (Å²) >= 11 is 0. The van der Waals surface area contributed by atoms with Gasteiger partial charge >= 0.3 is 0 Å². The average Bonchev–Trinajstić information content (AvgIpc) is 3.22. The standard InChI is InChI=1S/C19H25N3O2/c1-22-17(8-10-20-22)19-16(9-11-24-19)21-14-6-7-15-13(12-14)4-3-5-18(15)23-2/h3-5,8,10,14,16,19,21H,6-7,9,11-12H2,1-2H3/t14?,16-,19-/m0/s1. The molecule has 2 heterocycles. The number of benzene rings is 1. The van der Waals surface area contributed by atoms with Crippen LogP contribution in [0.2, 0.25) is 0 Å². The topological polar surface area (TPSA) is 48.3 Å². The Labute approximate surface area is 143 Å². The Morgan fingerprint density at radius 3 is 3.00 bits per heavy atom. The van der Waals surface area contributed by atoms with Crippen LogP contribution in [0.25, 0.3) is 0 Å². The molecule has 0 bridgehead atoms. The first kappa shape index (κ1) is 15.7. The fourth-order valence-electron chi connectivity index (χ4n) is 4.12. The lowest BCUT2D eigenvalue weighted by molar-refractivity contribution is 0.0893. The Morgan fingerprint density at radius 2 is 2.21 bits per heavy atom. The van der Waals surface area contributed by atoms with E-state index in [1.807, 2.05) is 17.9 Å². The van der Waals surface area contributed by atoms with Crippen molar-refractivity contribution in [2.45, 2.75) is 43.9 Å². The van der Waals surface area contributed by atoms with Gasteiger partial charge in [-0.15, -0.1) is 0 Å². The molecule has 1 saturated heterocycles. The molecule has 1 aromatic carbocycles. The highest BCUT2D eigenvalue weighted by molar-refractivity contribution is 5.42. The second-order valence-corrected chi connectivity index (χ2v) is 6.77. The molecule has 1 unspecified atom stereocenters. The van der Waals surface area contributed by atoms with Crippen LogP contribution in [-0.2, 0) is 24.6 Å². The molecule has 0 radical (unpaired) electrons. The molecule has 2 aromatic rings. The maximum absolute atomic E-state index is 5.99. The van der Waals surface area contributed by atoms with Crippen LogP contribution in [0.3, 0.4) is 0 Å². The summed E-state index contributed by atoms with van der Waals surface area (Å²) in [5, 5.41) is 8.14. The van der Waals surface area contributed by atoms with E-state index in [0.29, 0.717) is 12.1 Å². The number of hydrogen-bond donors (Lipinski definition) is 1. The molecule has 1 aliphatic heterocycles. The largest absolute Gasteiger partial charge is 0.496 e. The highest BCUT2D eigenvalue weighted by Crippen LogP contribution is 2.32. The quantitative estimate of drug-likeness (QED) is 0.937. The zero-order chi connectivity index (χ0) is 16.5. The van der Waals surface area contributed by atoms with Crippen molar-refractivity contribution in [2.75, 3.05) is 13.7 Å². The summed E-state index contributed by atoms with van der Waals surface area (Å²) in [4.78, 5) is 0. The van der Waals surface area contributed by atoms with E-state index in [2.05, 4.69) is 34.7 Å². The van der Waals surface area contributed by atoms with Crippen molar-refractivity contribution in [1.82, 2.24) is 15.1 Å². The number of hydrogen-bond acceptors (Lipinski definition) is 4. The predicted molar refractivity (Wildman–Crippen MR) is 92.2 cm³/mol. The summed E-state index contributed by atoms with van der Waals surface area (Å²) in [6.07, 6.45) is 6.27. The first-order valence-electron chi connectivity index (χ1n) is 8.76. The minimum absolute atomic E-state index is 0.101. The summed E-state index contributed by atoms with van der Waals surface area (Å²) in [7, 11) is 3.74. The van der Waals surface area contributed by atoms with E-state index < -0.39 is 0 Å². The van der Waals surface area contributed by atoms with Crippen molar-refractivity contribution < 1.29 is 9.47 Å². The SMILES string of the molecule is COc1cccc2c1CCC(N[C@H]1CCO[C@@H]1c1ccnn1C)C2. The lowest BCUT2D eigenvalue weighted by atomic mass is 9.87. The monoisotopic (exact) mass is 327 g/mol. The summed E-state index contributed by atoms with van der Waals surface area (Å²) in [5.41, 5.74) is 3.95. The molecule has 1 N–H and O–H groups in total. The normalized spacial score (nSPS) is 26.3. The van der Waals surface area contributed by atoms with Gasteiger partial charge in [0.25, 0.3) is 0 Å². The van der Waals surface area contributed by atoms with Gasteiger partial charge in [-0.1, -0.05) is 12.1 Å². The number of ether oxygens (including phenoxy) is 2. The van der Waals surface area contributed by atoms with E-state index in [-0.39, 0.29) is 6.10 Å². The van der Waals surface area contributed by atoms with Gasteiger partial charge in [0, 0.05) is 31.9 Å². The number of methoxy groups -OCH3 is 1. The first-order valence-corrected chi connectivity index (χ1v) is 8.76. The van der Waals surface area contributed by atoms with Crippen molar-refractivity contribution in [3.63, 3.8) is 0 Å². The van der Waals surface area contributed by atoms with Crippen molar-refractivity contribution in [3.8, 4) is 5.75 Å². The predicted octanol–water partition coefficient (Wildman–Crippen LogP) is 2.41. The van der Waals surface area contributed by atoms with E-state index in [9.17, 15) is 0 Å². The maximum atomic E-state index is 5.99. The number of rotatable bonds is 4. The summed E-state index contributed by atoms with van der Waals surface area (Å²) in [5.74, 6) is 1.03. The Balaban J connectivity index is 1.47. The van der Waals surface area contributed by atoms with Gasteiger partial charge in [-0.05, 0) is 48.9 Å². The van der Waals surface area contributed by atoms with Crippen molar-refractivity contribution in [3.05, 3.63) is 47.3 Å². The third-order valence-corrected chi connectivity index (χ3v) is 5.35. The number of aromatic nitrogens is 2. The molecule has 4 rings (SSSR count). The van der Waals surface area contributed by atoms with Gasteiger partial charge in [0.05, 0.1) is 12.8 Å². The molecule has 1 fully saturated rings. The fraction of sp³-hybridized carbons (Fsp3) is 0.526. The second kappa shape index (κ2) is 6.57. The summed E-state index contributed by atoms with van der Waals surface area (Å²) in [6.45, 7) is 0.810. The molecule has 1 aromatic heterocycles. The smallest absolute Gasteiger partial charge is 0.122 e. The van der Waals surface area contributed by atoms with E-state index in [1.165, 1.54) is 11.1 Å². The molecule has 24 heavy (non-hydrogen) atoms. The van der Waals surface area contributed by atoms with Crippen LogP contribution < -0.4 is 10.1 Å². The zero-order valence-electron chi connectivity index (χ0n) is 14.4. The Morgan fingerprint density at radius 1 is 1.29 bits per heavy atom. The van der Waals surface area contributed by atoms with Crippen LogP contribution in [0.5, 0.6) is 5.75 Å². The fourth-order valence-corrected chi connectivity index (χ4v) is 4.12. The third-order valence-electron chi connectivity index (χ3n) is 5.35. The van der Waals surface area contributed by atoms with Crippen LogP contribution in [0, 0.1) is 0 Å². The molecular formula is C19H25N3O2. The van der Waals surface area contributed by atoms with Crippen molar-refractivity contribution in [2.24, 2.45) is 7.05 Å². The minimum atomic E-state index is 0.101. The molecule has 0 spiro atoms. The van der Waals surface area contributed by atoms with Gasteiger partial charge in [0.15, 0.2) is 0 Å². The lowest BCUT2D eigenvalue weighted by Crippen LogP contribution is -2.43. The highest BCUT2D eigenvalue weighted by atomic mass is 16.5. The van der Waals surface area contributed by atoms with Crippen LogP contribution in [0.15, 0.2) is 30.5 Å². The van der Waals surface area contributed by atoms with E-state index in [0.717, 1.165) is 43.7 Å². The number of fused-ring (bicyclic) bond motifs is 1. The van der Waals surface area contributed by atoms with Crippen LogP contribution >= 0.6 is 0 Å². The summed E-state index contributed by atoms with van der Waals surface area (Å²) < 4.78 is 13.4. The molecule has 0 amide bonds. The van der Waals surface area contributed by atoms with Gasteiger partial charge in [-0.3, -0.25) is 4.68 Å². The number of nitrogens with zero attached hydrogens (tertiary/aromatic N) is 2. The molecule has 128 valence electrons. The highest BCUT2D eigenvalue weighted by Gasteiger charge is 2.34. The van der Waals surface area contributed by atoms with Gasteiger partial charge < -0.3 is 14.8 Å². The average molecular weight is 327 g/mol. The molecule has 5 nitrogen and oxygen atoms in total. The van der Waals surface area contributed by atoms with Gasteiger partial charge in [-0.25, -0.2) is 0 Å². The van der Waals surface area contributed by atoms with Gasteiger partial charge in [0.1, 0.15) is 11.9 Å². The van der Waals surface area contributed by atoms with E-state index in [4.69, 9.17) is 9.47 Å². The molecule has 2 aliphatic rings. The maximum Gasteiger partial charge on any atom is 0.122 e. The first-order chi connectivity index (χ1) is 11.8. The molecule has 0 saturated carbocycles. The summed E-state index contributed by atoms with van der Waals surface area (Å²) in [6, 6.07) is 9.30. The van der Waals surface area contributed by atoms with Gasteiger partial charge in [-0.2, -0.15) is 5.10 Å². The Kier molecular flexibility index (Phi) is 4.29. The molecular weight excluding hydrogens is 302 g/mol. The second-order valence-electron chi connectivity index (χ2n) is 6.77. The lowest BCUT2D eigenvalue weighted by Gasteiger charge is -2.30. The van der Waals surface area contributed by atoms with Gasteiger partial charge in [0.2, 0.25) is 0 Å². The minimum Gasteiger partial charge on any atom is -0.496 e. The number of aryl methyl sites for hydroxylation is 1. The molecule has 5 heteroatoms. The molecule has 1 aliphatic carbocycles. The Hall–Kier alpha value is -1.85. The van der Waals surface area contributed by atoms with Crippen molar-refractivity contribution in [1.29, 1.82) is 0 Å². The van der Waals surface area contributed by atoms with E-state index >= 15 is 0 Å². The molecule has 3 atom stereocenters. The van der Waals surface area contributed by atoms with Crippen molar-refractivity contribution >= 4 is 0 Å². The van der Waals surface area contributed by atoms with Crippen LogP contribution in [-0.4, -0.2) is 35.6 Å². The third kappa shape index (κ3) is 2.82. The van der Waals surface area contributed by atoms with E-state index in [1.54, 1.807) is 7.11 Å². The zero-order valence-corrected chi connectivity index (χ0v) is 14.4. The van der Waals surface area contributed by atoms with Crippen LogP contribution in [0.1, 0.15) is 35.8 Å². The number of nitrogens with one attached hydrogen (secondary N) is 1. The Bertz CT molecular complexity index is 712.